The zero-order valence-electron chi connectivity index (χ0n) is 16.4. The zero-order valence-corrected chi connectivity index (χ0v) is 16.4. The van der Waals surface area contributed by atoms with Crippen LogP contribution in [0, 0.1) is 11.3 Å². The highest BCUT2D eigenvalue weighted by molar-refractivity contribution is 6.09. The van der Waals surface area contributed by atoms with Crippen molar-refractivity contribution >= 4 is 17.8 Å². The molecule has 0 aromatic carbocycles. The number of nitrogens with one attached hydrogen (secondary N) is 2. The smallest absolute Gasteiger partial charge is 0.325 e. The number of carbonyl (C=O) groups is 3. The molecule has 1 spiro atoms. The fourth-order valence-corrected chi connectivity index (χ4v) is 4.86. The lowest BCUT2D eigenvalue weighted by atomic mass is 9.69. The Hall–Kier alpha value is -1.59. The summed E-state index contributed by atoms with van der Waals surface area (Å²) in [6, 6.07) is -0.256. The lowest BCUT2D eigenvalue weighted by Gasteiger charge is -2.39. The number of carbonyl (C=O) groups excluding carboxylic acids is 3. The van der Waals surface area contributed by atoms with Gasteiger partial charge in [-0.25, -0.2) is 4.79 Å². The van der Waals surface area contributed by atoms with Gasteiger partial charge in [0.25, 0.3) is 5.91 Å². The van der Waals surface area contributed by atoms with Crippen LogP contribution in [0.2, 0.25) is 0 Å². The maximum absolute atomic E-state index is 12.6. The van der Waals surface area contributed by atoms with E-state index >= 15 is 0 Å². The molecule has 0 aromatic rings. The average Bonchev–Trinajstić information content (AvgIpc) is 3.16. The molecule has 3 rings (SSSR count). The first-order valence-electron chi connectivity index (χ1n) is 10.2. The molecule has 1 saturated heterocycles. The van der Waals surface area contributed by atoms with Crippen molar-refractivity contribution in [3.8, 4) is 0 Å². The maximum Gasteiger partial charge on any atom is 0.325 e. The van der Waals surface area contributed by atoms with Crippen LogP contribution < -0.4 is 10.6 Å². The van der Waals surface area contributed by atoms with Crippen LogP contribution in [0.1, 0.15) is 78.6 Å². The predicted molar refractivity (Wildman–Crippen MR) is 99.4 cm³/mol. The Balaban J connectivity index is 1.49. The van der Waals surface area contributed by atoms with Gasteiger partial charge in [-0.2, -0.15) is 0 Å². The van der Waals surface area contributed by atoms with E-state index in [0.717, 1.165) is 43.4 Å². The average molecular weight is 364 g/mol. The van der Waals surface area contributed by atoms with E-state index in [0.29, 0.717) is 24.2 Å². The fourth-order valence-electron chi connectivity index (χ4n) is 4.86. The van der Waals surface area contributed by atoms with Crippen LogP contribution in [0.15, 0.2) is 0 Å². The number of hydrogen-bond acceptors (Lipinski definition) is 3. The van der Waals surface area contributed by atoms with Crippen LogP contribution in [0.4, 0.5) is 4.79 Å². The molecule has 0 aromatic heterocycles. The van der Waals surface area contributed by atoms with E-state index in [2.05, 4.69) is 31.4 Å². The molecule has 2 N–H and O–H groups in total. The predicted octanol–water partition coefficient (Wildman–Crippen LogP) is 2.96. The summed E-state index contributed by atoms with van der Waals surface area (Å²) in [7, 11) is 0. The zero-order chi connectivity index (χ0) is 18.9. The molecule has 26 heavy (non-hydrogen) atoms. The number of hydrogen-bond donors (Lipinski definition) is 2. The molecule has 2 aliphatic carbocycles. The van der Waals surface area contributed by atoms with E-state index in [-0.39, 0.29) is 24.4 Å². The van der Waals surface area contributed by atoms with Gasteiger partial charge in [0.2, 0.25) is 5.91 Å². The summed E-state index contributed by atoms with van der Waals surface area (Å²) in [5.74, 6) is 0.263. The van der Waals surface area contributed by atoms with Gasteiger partial charge in [0.15, 0.2) is 0 Å². The standard InChI is InChI=1S/C20H33N3O3/c1-4-19(2,3)14-7-9-15(10-8-14)21-16(24)13-23-17(25)20(22-18(23)26)11-5-6-12-20/h14-15H,4-13H2,1-3H3,(H,21,24)(H,22,26). The van der Waals surface area contributed by atoms with Gasteiger partial charge in [0, 0.05) is 6.04 Å². The van der Waals surface area contributed by atoms with Gasteiger partial charge >= 0.3 is 6.03 Å². The van der Waals surface area contributed by atoms with Gasteiger partial charge in [-0.05, 0) is 49.9 Å². The highest BCUT2D eigenvalue weighted by Crippen LogP contribution is 2.40. The summed E-state index contributed by atoms with van der Waals surface area (Å²) in [5.41, 5.74) is -0.383. The summed E-state index contributed by atoms with van der Waals surface area (Å²) in [4.78, 5) is 38.3. The Kier molecular flexibility index (Phi) is 5.31. The topological polar surface area (TPSA) is 78.5 Å². The molecule has 6 nitrogen and oxygen atoms in total. The van der Waals surface area contributed by atoms with Crippen molar-refractivity contribution in [3.05, 3.63) is 0 Å². The molecule has 0 bridgehead atoms. The van der Waals surface area contributed by atoms with Crippen LogP contribution in [-0.2, 0) is 9.59 Å². The van der Waals surface area contributed by atoms with Gasteiger partial charge in [-0.15, -0.1) is 0 Å². The largest absolute Gasteiger partial charge is 0.352 e. The minimum atomic E-state index is -0.735. The fraction of sp³-hybridized carbons (Fsp3) is 0.850. The van der Waals surface area contributed by atoms with Crippen LogP contribution in [0.3, 0.4) is 0 Å². The van der Waals surface area contributed by atoms with Crippen LogP contribution >= 0.6 is 0 Å². The minimum absolute atomic E-state index is 0.160. The quantitative estimate of drug-likeness (QED) is 0.737. The lowest BCUT2D eigenvalue weighted by molar-refractivity contribution is -0.135. The third kappa shape index (κ3) is 3.60. The van der Waals surface area contributed by atoms with Crippen molar-refractivity contribution in [1.29, 1.82) is 0 Å². The van der Waals surface area contributed by atoms with Crippen molar-refractivity contribution in [2.24, 2.45) is 11.3 Å². The molecule has 146 valence electrons. The van der Waals surface area contributed by atoms with Gasteiger partial charge in [0.05, 0.1) is 0 Å². The van der Waals surface area contributed by atoms with Crippen LogP contribution in [0.25, 0.3) is 0 Å². The van der Waals surface area contributed by atoms with E-state index in [1.807, 2.05) is 0 Å². The first-order chi connectivity index (χ1) is 12.3. The molecule has 0 atom stereocenters. The minimum Gasteiger partial charge on any atom is -0.352 e. The first-order valence-corrected chi connectivity index (χ1v) is 10.2. The van der Waals surface area contributed by atoms with Crippen LogP contribution in [0.5, 0.6) is 0 Å². The second-order valence-corrected chi connectivity index (χ2v) is 9.07. The second-order valence-electron chi connectivity index (χ2n) is 9.07. The normalized spacial score (nSPS) is 28.5. The Morgan fingerprint density at radius 2 is 1.81 bits per heavy atom. The Morgan fingerprint density at radius 1 is 1.19 bits per heavy atom. The molecule has 0 unspecified atom stereocenters. The number of imide groups is 1. The van der Waals surface area contributed by atoms with Crippen molar-refractivity contribution in [3.63, 3.8) is 0 Å². The number of urea groups is 1. The lowest BCUT2D eigenvalue weighted by Crippen LogP contribution is -2.47. The molecule has 4 amide bonds. The molecular weight excluding hydrogens is 330 g/mol. The van der Waals surface area contributed by atoms with Crippen molar-refractivity contribution in [2.75, 3.05) is 6.54 Å². The molecule has 3 fully saturated rings. The van der Waals surface area contributed by atoms with E-state index in [1.165, 1.54) is 6.42 Å². The molecule has 0 radical (unpaired) electrons. The molecule has 1 aliphatic heterocycles. The van der Waals surface area contributed by atoms with Gasteiger partial charge in [-0.1, -0.05) is 40.0 Å². The van der Waals surface area contributed by atoms with Crippen molar-refractivity contribution in [1.82, 2.24) is 15.5 Å². The molecule has 1 heterocycles. The maximum atomic E-state index is 12.6. The third-order valence-corrected chi connectivity index (χ3v) is 7.11. The third-order valence-electron chi connectivity index (χ3n) is 7.11. The Labute approximate surface area is 156 Å². The van der Waals surface area contributed by atoms with Crippen LogP contribution in [-0.4, -0.2) is 40.9 Å². The summed E-state index contributed by atoms with van der Waals surface area (Å²) >= 11 is 0. The molecular formula is C20H33N3O3. The van der Waals surface area contributed by atoms with Gasteiger partial charge in [-0.3, -0.25) is 14.5 Å². The number of amides is 4. The number of rotatable bonds is 5. The van der Waals surface area contributed by atoms with Crippen molar-refractivity contribution in [2.45, 2.75) is 90.1 Å². The Bertz CT molecular complexity index is 573. The monoisotopic (exact) mass is 363 g/mol. The van der Waals surface area contributed by atoms with Gasteiger partial charge in [0.1, 0.15) is 12.1 Å². The Morgan fingerprint density at radius 3 is 2.38 bits per heavy atom. The highest BCUT2D eigenvalue weighted by atomic mass is 16.2. The summed E-state index contributed by atoms with van der Waals surface area (Å²) in [6.07, 6.45) is 8.64. The van der Waals surface area contributed by atoms with E-state index in [1.54, 1.807) is 0 Å². The second kappa shape index (κ2) is 7.20. The summed E-state index contributed by atoms with van der Waals surface area (Å²) < 4.78 is 0. The van der Waals surface area contributed by atoms with Crippen molar-refractivity contribution < 1.29 is 14.4 Å². The summed E-state index contributed by atoms with van der Waals surface area (Å²) in [6.45, 7) is 6.73. The van der Waals surface area contributed by atoms with E-state index < -0.39 is 11.6 Å². The highest BCUT2D eigenvalue weighted by Gasteiger charge is 2.52. The first kappa shape index (κ1) is 19.2. The number of nitrogens with zero attached hydrogens (tertiary/aromatic N) is 1. The molecule has 6 heteroatoms. The summed E-state index contributed by atoms with van der Waals surface area (Å²) in [5, 5.41) is 5.87. The van der Waals surface area contributed by atoms with E-state index in [4.69, 9.17) is 0 Å². The SMILES string of the molecule is CCC(C)(C)C1CCC(NC(=O)CN2C(=O)NC3(CCCC3)C2=O)CC1. The molecule has 2 saturated carbocycles. The van der Waals surface area contributed by atoms with Gasteiger partial charge < -0.3 is 10.6 Å². The van der Waals surface area contributed by atoms with E-state index in [9.17, 15) is 14.4 Å². The molecule has 3 aliphatic rings.